The Balaban J connectivity index is 1.44. The van der Waals surface area contributed by atoms with Gasteiger partial charge in [0.05, 0.1) is 11.1 Å². The van der Waals surface area contributed by atoms with E-state index in [1.165, 1.54) is 10.8 Å². The molecule has 10 heteroatoms. The zero-order valence-corrected chi connectivity index (χ0v) is 17.0. The minimum Gasteiger partial charge on any atom is -0.503 e. The Morgan fingerprint density at radius 1 is 1.23 bits per heavy atom. The van der Waals surface area contributed by atoms with Crippen molar-refractivity contribution in [1.82, 2.24) is 14.8 Å². The van der Waals surface area contributed by atoms with Crippen molar-refractivity contribution in [3.05, 3.63) is 62.0 Å². The summed E-state index contributed by atoms with van der Waals surface area (Å²) in [4.78, 5) is 40.0. The summed E-state index contributed by atoms with van der Waals surface area (Å²) in [5, 5.41) is 12.5. The molecule has 3 aliphatic rings. The van der Waals surface area contributed by atoms with E-state index in [9.17, 15) is 28.3 Å². The standard InChI is InChI=1S/C21H18ClF2N3O4/c22-13-4-10(14(23)5-15(13)24)6-25-20(30)12-7-26-8-16-9-1-2-11(3-9)27(16)21(31)17(26)19(29)18(12)28/h4-5,7,9,11,16,29H,1-3,6,8H2,(H,25,30)/t9-,11+,16+/m1/s1. The van der Waals surface area contributed by atoms with Crippen LogP contribution in [0.2, 0.25) is 5.02 Å². The van der Waals surface area contributed by atoms with E-state index >= 15 is 0 Å². The quantitative estimate of drug-likeness (QED) is 0.704. The first-order chi connectivity index (χ1) is 14.8. The second kappa shape index (κ2) is 7.05. The van der Waals surface area contributed by atoms with E-state index in [2.05, 4.69) is 5.32 Å². The fraction of sp³-hybridized carbons (Fsp3) is 0.381. The first kappa shape index (κ1) is 20.0. The van der Waals surface area contributed by atoms with Gasteiger partial charge < -0.3 is 19.9 Å². The predicted molar refractivity (Wildman–Crippen MR) is 106 cm³/mol. The average molecular weight is 450 g/mol. The van der Waals surface area contributed by atoms with Crippen molar-refractivity contribution in [2.75, 3.05) is 0 Å². The van der Waals surface area contributed by atoms with Gasteiger partial charge in [-0.25, -0.2) is 8.78 Å². The number of carbonyl (C=O) groups excluding carboxylic acids is 2. The summed E-state index contributed by atoms with van der Waals surface area (Å²) in [6.45, 7) is 0.0459. The SMILES string of the molecule is O=C(NCc1cc(Cl)c(F)cc1F)c1cn2c(c(O)c1=O)C(=O)N1[C@H]3CC[C@H](C3)[C@@H]1C2. The normalized spacial score (nSPS) is 23.6. The number of carbonyl (C=O) groups is 2. The number of halogens is 3. The van der Waals surface area contributed by atoms with Gasteiger partial charge in [0.25, 0.3) is 11.8 Å². The number of rotatable bonds is 3. The lowest BCUT2D eigenvalue weighted by molar-refractivity contribution is 0.0482. The molecule has 2 N–H and O–H groups in total. The second-order valence-corrected chi connectivity index (χ2v) is 8.68. The summed E-state index contributed by atoms with van der Waals surface area (Å²) >= 11 is 5.65. The Hall–Kier alpha value is -2.94. The van der Waals surface area contributed by atoms with Crippen LogP contribution in [0.5, 0.6) is 5.75 Å². The van der Waals surface area contributed by atoms with Crippen LogP contribution >= 0.6 is 11.6 Å². The zero-order chi connectivity index (χ0) is 22.0. The summed E-state index contributed by atoms with van der Waals surface area (Å²) in [5.74, 6) is -3.46. The van der Waals surface area contributed by atoms with Crippen LogP contribution in [0.15, 0.2) is 23.1 Å². The highest BCUT2D eigenvalue weighted by Gasteiger charge is 2.51. The third-order valence-corrected chi connectivity index (χ3v) is 6.88. The molecular weight excluding hydrogens is 432 g/mol. The lowest BCUT2D eigenvalue weighted by Crippen LogP contribution is -2.52. The topological polar surface area (TPSA) is 91.6 Å². The molecule has 162 valence electrons. The van der Waals surface area contributed by atoms with E-state index in [0.717, 1.165) is 25.3 Å². The molecule has 31 heavy (non-hydrogen) atoms. The second-order valence-electron chi connectivity index (χ2n) is 8.27. The van der Waals surface area contributed by atoms with Crippen LogP contribution in [0.4, 0.5) is 8.78 Å². The maximum Gasteiger partial charge on any atom is 0.275 e. The smallest absolute Gasteiger partial charge is 0.275 e. The molecule has 1 aromatic carbocycles. The number of hydrogen-bond acceptors (Lipinski definition) is 4. The molecule has 2 fully saturated rings. The van der Waals surface area contributed by atoms with E-state index in [4.69, 9.17) is 11.6 Å². The van der Waals surface area contributed by atoms with Crippen molar-refractivity contribution in [3.8, 4) is 5.75 Å². The molecule has 1 aromatic heterocycles. The maximum absolute atomic E-state index is 13.9. The van der Waals surface area contributed by atoms with Gasteiger partial charge in [-0.3, -0.25) is 14.4 Å². The van der Waals surface area contributed by atoms with Crippen LogP contribution in [0.1, 0.15) is 45.7 Å². The van der Waals surface area contributed by atoms with Gasteiger partial charge in [0.1, 0.15) is 17.2 Å². The van der Waals surface area contributed by atoms with Crippen LogP contribution in [0.25, 0.3) is 0 Å². The third-order valence-electron chi connectivity index (χ3n) is 6.59. The molecule has 0 radical (unpaired) electrons. The van der Waals surface area contributed by atoms with Crippen molar-refractivity contribution in [2.24, 2.45) is 5.92 Å². The Kier molecular flexibility index (Phi) is 4.55. The molecule has 0 unspecified atom stereocenters. The first-order valence-electron chi connectivity index (χ1n) is 9.97. The molecule has 2 aromatic rings. The van der Waals surface area contributed by atoms with E-state index in [1.54, 1.807) is 4.90 Å². The zero-order valence-electron chi connectivity index (χ0n) is 16.2. The fourth-order valence-electron chi connectivity index (χ4n) is 5.12. The molecule has 0 spiro atoms. The average Bonchev–Trinajstić information content (AvgIpc) is 3.34. The van der Waals surface area contributed by atoms with E-state index in [0.29, 0.717) is 18.5 Å². The number of nitrogens with zero attached hydrogens (tertiary/aromatic N) is 2. The van der Waals surface area contributed by atoms with Crippen LogP contribution in [-0.2, 0) is 13.1 Å². The van der Waals surface area contributed by atoms with Crippen molar-refractivity contribution >= 4 is 23.4 Å². The highest BCUT2D eigenvalue weighted by Crippen LogP contribution is 2.45. The molecule has 7 nitrogen and oxygen atoms in total. The van der Waals surface area contributed by atoms with Gasteiger partial charge in [-0.2, -0.15) is 0 Å². The number of hydrogen-bond donors (Lipinski definition) is 2. The van der Waals surface area contributed by atoms with Gasteiger partial charge >= 0.3 is 0 Å². The lowest BCUT2D eigenvalue weighted by atomic mass is 9.95. The molecule has 1 saturated heterocycles. The fourth-order valence-corrected chi connectivity index (χ4v) is 5.31. The highest BCUT2D eigenvalue weighted by atomic mass is 35.5. The van der Waals surface area contributed by atoms with E-state index in [-0.39, 0.29) is 40.5 Å². The molecule has 2 amide bonds. The largest absolute Gasteiger partial charge is 0.503 e. The molecular formula is C21H18ClF2N3O4. The molecule has 2 bridgehead atoms. The number of amides is 2. The summed E-state index contributed by atoms with van der Waals surface area (Å²) in [6, 6.07) is 1.76. The van der Waals surface area contributed by atoms with Crippen LogP contribution in [0.3, 0.4) is 0 Å². The Labute approximate surface area is 180 Å². The number of aromatic hydroxyl groups is 1. The molecule has 2 aliphatic heterocycles. The van der Waals surface area contributed by atoms with Crippen molar-refractivity contribution in [3.63, 3.8) is 0 Å². The van der Waals surface area contributed by atoms with Gasteiger partial charge in [0, 0.05) is 37.0 Å². The molecule has 3 atom stereocenters. The van der Waals surface area contributed by atoms with Crippen LogP contribution < -0.4 is 10.7 Å². The van der Waals surface area contributed by atoms with E-state index in [1.807, 2.05) is 0 Å². The van der Waals surface area contributed by atoms with Gasteiger partial charge in [-0.1, -0.05) is 11.6 Å². The van der Waals surface area contributed by atoms with Crippen molar-refractivity contribution in [1.29, 1.82) is 0 Å². The monoisotopic (exact) mass is 449 g/mol. The summed E-state index contributed by atoms with van der Waals surface area (Å²) in [7, 11) is 0. The van der Waals surface area contributed by atoms with Gasteiger partial charge in [-0.05, 0) is 31.2 Å². The first-order valence-corrected chi connectivity index (χ1v) is 10.3. The number of fused-ring (bicyclic) bond motifs is 6. The molecule has 1 aliphatic carbocycles. The van der Waals surface area contributed by atoms with Gasteiger partial charge in [0.15, 0.2) is 11.4 Å². The minimum atomic E-state index is -0.975. The number of piperidine rings is 1. The minimum absolute atomic E-state index is 0.0213. The van der Waals surface area contributed by atoms with Gasteiger partial charge in [-0.15, -0.1) is 0 Å². The predicted octanol–water partition coefficient (Wildman–Crippen LogP) is 2.42. The van der Waals surface area contributed by atoms with Crippen molar-refractivity contribution in [2.45, 2.75) is 44.4 Å². The molecule has 1 saturated carbocycles. The number of nitrogens with one attached hydrogen (secondary N) is 1. The number of benzene rings is 1. The summed E-state index contributed by atoms with van der Waals surface area (Å²) in [6.07, 6.45) is 4.12. The lowest BCUT2D eigenvalue weighted by Gasteiger charge is -2.40. The van der Waals surface area contributed by atoms with E-state index < -0.39 is 34.6 Å². The van der Waals surface area contributed by atoms with Crippen LogP contribution in [-0.4, -0.2) is 38.5 Å². The van der Waals surface area contributed by atoms with Crippen molar-refractivity contribution < 1.29 is 23.5 Å². The number of aromatic nitrogens is 1. The Morgan fingerprint density at radius 3 is 2.77 bits per heavy atom. The third kappa shape index (κ3) is 3.02. The summed E-state index contributed by atoms with van der Waals surface area (Å²) < 4.78 is 28.7. The van der Waals surface area contributed by atoms with Crippen LogP contribution in [0, 0.1) is 17.6 Å². The molecule has 5 rings (SSSR count). The number of pyridine rings is 1. The highest BCUT2D eigenvalue weighted by molar-refractivity contribution is 6.30. The Bertz CT molecular complexity index is 1200. The van der Waals surface area contributed by atoms with Gasteiger partial charge in [0.2, 0.25) is 5.43 Å². The Morgan fingerprint density at radius 2 is 2.00 bits per heavy atom. The molecule has 3 heterocycles. The maximum atomic E-state index is 13.9. The summed E-state index contributed by atoms with van der Waals surface area (Å²) in [5.41, 5.74) is -1.51.